The fourth-order valence-electron chi connectivity index (χ4n) is 4.79. The maximum atomic E-state index is 11.0. The molecule has 4 aliphatic carbocycles. The van der Waals surface area contributed by atoms with Crippen molar-refractivity contribution in [3.05, 3.63) is 0 Å². The van der Waals surface area contributed by atoms with Gasteiger partial charge in [0, 0.05) is 5.41 Å². The zero-order valence-corrected chi connectivity index (χ0v) is 9.95. The number of aliphatic hydroxyl groups excluding tert-OH is 1. The second-order valence-electron chi connectivity index (χ2n) is 6.13. The van der Waals surface area contributed by atoms with Crippen molar-refractivity contribution in [2.24, 2.45) is 23.2 Å². The zero-order chi connectivity index (χ0) is 11.6. The molecule has 4 rings (SSSR count). The Morgan fingerprint density at radius 3 is 1.75 bits per heavy atom. The highest BCUT2D eigenvalue weighted by Crippen LogP contribution is 2.61. The Kier molecular flexibility index (Phi) is 2.20. The molecule has 4 fully saturated rings. The molecular weight excluding hydrogens is 228 g/mol. The van der Waals surface area contributed by atoms with Crippen LogP contribution in [0.2, 0.25) is 0 Å². The van der Waals surface area contributed by atoms with Gasteiger partial charge in [0.15, 0.2) is 0 Å². The SMILES string of the molecule is O=S(=O)([O-])[C@@H](O)C12CC3CC(CC(C3)C1)C2. The molecule has 0 amide bonds. The van der Waals surface area contributed by atoms with Gasteiger partial charge in [-0.05, 0) is 56.3 Å². The summed E-state index contributed by atoms with van der Waals surface area (Å²) in [5.41, 5.74) is -2.27. The van der Waals surface area contributed by atoms with Crippen molar-refractivity contribution in [2.45, 2.75) is 44.0 Å². The van der Waals surface area contributed by atoms with Crippen LogP contribution < -0.4 is 0 Å². The van der Waals surface area contributed by atoms with E-state index >= 15 is 0 Å². The molecule has 0 aromatic rings. The van der Waals surface area contributed by atoms with Gasteiger partial charge in [0.2, 0.25) is 0 Å². The van der Waals surface area contributed by atoms with Gasteiger partial charge in [0.25, 0.3) is 0 Å². The minimum Gasteiger partial charge on any atom is -0.746 e. The highest BCUT2D eigenvalue weighted by molar-refractivity contribution is 7.86. The standard InChI is InChI=1S/C11H18O4S/c12-10(16(13,14)15)11-4-7-1-8(5-11)3-9(2-7)6-11/h7-10,12H,1-6H2,(H,13,14,15)/p-1/t7?,8?,9?,10-,11?/m1/s1. The molecule has 4 aliphatic rings. The molecule has 4 bridgehead atoms. The molecule has 5 heteroatoms. The molecule has 16 heavy (non-hydrogen) atoms. The molecule has 4 nitrogen and oxygen atoms in total. The van der Waals surface area contributed by atoms with Crippen molar-refractivity contribution >= 4 is 10.1 Å². The molecule has 0 saturated heterocycles. The van der Waals surface area contributed by atoms with Crippen LogP contribution in [0.15, 0.2) is 0 Å². The van der Waals surface area contributed by atoms with Crippen molar-refractivity contribution < 1.29 is 18.1 Å². The first-order valence-electron chi connectivity index (χ1n) is 6.02. The van der Waals surface area contributed by atoms with Crippen LogP contribution in [-0.2, 0) is 10.1 Å². The molecule has 1 N–H and O–H groups in total. The average Bonchev–Trinajstić information content (AvgIpc) is 2.12. The quantitative estimate of drug-likeness (QED) is 0.738. The number of aliphatic hydroxyl groups is 1. The second-order valence-corrected chi connectivity index (χ2v) is 7.56. The predicted octanol–water partition coefficient (Wildman–Crippen LogP) is 1.07. The van der Waals surface area contributed by atoms with Gasteiger partial charge in [-0.25, -0.2) is 8.42 Å². The van der Waals surface area contributed by atoms with Crippen LogP contribution in [0.1, 0.15) is 38.5 Å². The predicted molar refractivity (Wildman–Crippen MR) is 56.3 cm³/mol. The van der Waals surface area contributed by atoms with Gasteiger partial charge >= 0.3 is 0 Å². The summed E-state index contributed by atoms with van der Waals surface area (Å²) < 4.78 is 33.1. The summed E-state index contributed by atoms with van der Waals surface area (Å²) in [5, 5.41) is 9.85. The van der Waals surface area contributed by atoms with E-state index in [0.29, 0.717) is 17.8 Å². The lowest BCUT2D eigenvalue weighted by Gasteiger charge is -2.58. The molecule has 4 saturated carbocycles. The van der Waals surface area contributed by atoms with Crippen molar-refractivity contribution in [3.8, 4) is 0 Å². The summed E-state index contributed by atoms with van der Waals surface area (Å²) in [6.45, 7) is 0. The zero-order valence-electron chi connectivity index (χ0n) is 9.13. The first-order chi connectivity index (χ1) is 7.39. The van der Waals surface area contributed by atoms with Crippen LogP contribution in [0.3, 0.4) is 0 Å². The first-order valence-corrected chi connectivity index (χ1v) is 7.49. The number of hydrogen-bond donors (Lipinski definition) is 1. The van der Waals surface area contributed by atoms with Gasteiger partial charge in [-0.3, -0.25) is 0 Å². The lowest BCUT2D eigenvalue weighted by atomic mass is 9.50. The first kappa shape index (κ1) is 11.0. The molecule has 0 aromatic heterocycles. The van der Waals surface area contributed by atoms with Crippen LogP contribution in [0.4, 0.5) is 0 Å². The Hall–Kier alpha value is -0.130. The second kappa shape index (κ2) is 3.21. The van der Waals surface area contributed by atoms with E-state index in [9.17, 15) is 18.1 Å². The Balaban J connectivity index is 1.94. The van der Waals surface area contributed by atoms with E-state index in [1.54, 1.807) is 0 Å². The summed E-state index contributed by atoms with van der Waals surface area (Å²) >= 11 is 0. The van der Waals surface area contributed by atoms with Crippen LogP contribution >= 0.6 is 0 Å². The third-order valence-electron chi connectivity index (χ3n) is 4.88. The van der Waals surface area contributed by atoms with Gasteiger partial charge in [-0.15, -0.1) is 0 Å². The van der Waals surface area contributed by atoms with Crippen molar-refractivity contribution in [3.63, 3.8) is 0 Å². The fraction of sp³-hybridized carbons (Fsp3) is 1.00. The van der Waals surface area contributed by atoms with Crippen LogP contribution in [0.25, 0.3) is 0 Å². The molecule has 1 atom stereocenters. The highest BCUT2D eigenvalue weighted by Gasteiger charge is 2.55. The fourth-order valence-corrected chi connectivity index (χ4v) is 5.69. The molecule has 0 spiro atoms. The van der Waals surface area contributed by atoms with Gasteiger partial charge < -0.3 is 9.66 Å². The lowest BCUT2D eigenvalue weighted by Crippen LogP contribution is -2.53. The molecule has 0 aliphatic heterocycles. The smallest absolute Gasteiger partial charge is 0.149 e. The minimum atomic E-state index is -4.56. The lowest BCUT2D eigenvalue weighted by molar-refractivity contribution is -0.0956. The summed E-state index contributed by atoms with van der Waals surface area (Å²) in [7, 11) is -4.56. The van der Waals surface area contributed by atoms with Gasteiger partial charge in [-0.1, -0.05) is 0 Å². The van der Waals surface area contributed by atoms with E-state index in [1.807, 2.05) is 0 Å². The Bertz CT molecular complexity index is 365. The van der Waals surface area contributed by atoms with Gasteiger partial charge in [0.1, 0.15) is 15.6 Å². The summed E-state index contributed by atoms with van der Waals surface area (Å²) in [6, 6.07) is 0. The minimum absolute atomic E-state index is 0.544. The largest absolute Gasteiger partial charge is 0.746 e. The van der Waals surface area contributed by atoms with Crippen molar-refractivity contribution in [2.75, 3.05) is 0 Å². The highest BCUT2D eigenvalue weighted by atomic mass is 32.2. The molecule has 92 valence electrons. The third kappa shape index (κ3) is 1.52. The Morgan fingerprint density at radius 1 is 1.06 bits per heavy atom. The third-order valence-corrected chi connectivity index (χ3v) is 5.93. The maximum Gasteiger partial charge on any atom is 0.149 e. The van der Waals surface area contributed by atoms with Crippen LogP contribution in [0.5, 0.6) is 0 Å². The number of rotatable bonds is 2. The van der Waals surface area contributed by atoms with E-state index in [0.717, 1.165) is 19.3 Å². The van der Waals surface area contributed by atoms with Gasteiger partial charge in [0.05, 0.1) is 0 Å². The molecule has 0 aromatic carbocycles. The van der Waals surface area contributed by atoms with E-state index in [-0.39, 0.29) is 0 Å². The normalized spacial score (nSPS) is 48.2. The van der Waals surface area contributed by atoms with E-state index < -0.39 is 21.0 Å². The maximum absolute atomic E-state index is 11.0. The Morgan fingerprint density at radius 2 is 1.44 bits per heavy atom. The molecule has 0 heterocycles. The topological polar surface area (TPSA) is 77.4 Å². The molecular formula is C11H17O4S-. The van der Waals surface area contributed by atoms with Crippen LogP contribution in [-0.4, -0.2) is 23.5 Å². The van der Waals surface area contributed by atoms with E-state index in [1.165, 1.54) is 19.3 Å². The summed E-state index contributed by atoms with van der Waals surface area (Å²) in [6.07, 6.45) is 5.73. The number of hydrogen-bond acceptors (Lipinski definition) is 4. The van der Waals surface area contributed by atoms with Crippen LogP contribution in [0, 0.1) is 23.2 Å². The Labute approximate surface area is 95.8 Å². The van der Waals surface area contributed by atoms with Crippen molar-refractivity contribution in [1.82, 2.24) is 0 Å². The summed E-state index contributed by atoms with van der Waals surface area (Å²) in [5.74, 6) is 1.63. The van der Waals surface area contributed by atoms with Crippen molar-refractivity contribution in [1.29, 1.82) is 0 Å². The average molecular weight is 245 g/mol. The monoisotopic (exact) mass is 245 g/mol. The summed E-state index contributed by atoms with van der Waals surface area (Å²) in [4.78, 5) is 0. The molecule has 0 radical (unpaired) electrons. The molecule has 0 unspecified atom stereocenters. The van der Waals surface area contributed by atoms with E-state index in [2.05, 4.69) is 0 Å². The van der Waals surface area contributed by atoms with Gasteiger partial charge in [-0.2, -0.15) is 0 Å². The van der Waals surface area contributed by atoms with E-state index in [4.69, 9.17) is 0 Å².